The highest BCUT2D eigenvalue weighted by Gasteiger charge is 2.31. The summed E-state index contributed by atoms with van der Waals surface area (Å²) in [4.78, 5) is 34.1. The number of nitriles is 1. The van der Waals surface area contributed by atoms with Gasteiger partial charge in [-0.3, -0.25) is 14.6 Å². The number of amides is 2. The van der Waals surface area contributed by atoms with E-state index in [1.807, 2.05) is 69.1 Å². The molecule has 2 aromatic carbocycles. The molecule has 2 aliphatic rings. The van der Waals surface area contributed by atoms with Crippen LogP contribution in [-0.2, 0) is 22.6 Å². The van der Waals surface area contributed by atoms with Crippen LogP contribution in [0.1, 0.15) is 57.2 Å². The summed E-state index contributed by atoms with van der Waals surface area (Å²) in [5.74, 6) is 0.211. The maximum absolute atomic E-state index is 13.3. The molecule has 2 heterocycles. The molecule has 1 atom stereocenters. The lowest BCUT2D eigenvalue weighted by molar-refractivity contribution is -0.123. The lowest BCUT2D eigenvalue weighted by Gasteiger charge is -2.40. The van der Waals surface area contributed by atoms with Gasteiger partial charge in [0.1, 0.15) is 5.60 Å². The lowest BCUT2D eigenvalue weighted by Crippen LogP contribution is -2.54. The molecule has 2 amide bonds. The Kier molecular flexibility index (Phi) is 9.49. The second-order valence-electron chi connectivity index (χ2n) is 12.2. The van der Waals surface area contributed by atoms with E-state index in [1.165, 1.54) is 11.1 Å². The monoisotopic (exact) mass is 545 g/mol. The van der Waals surface area contributed by atoms with Crippen molar-refractivity contribution in [3.8, 4) is 6.07 Å². The largest absolute Gasteiger partial charge is 0.444 e. The number of rotatable bonds is 6. The Hall–Kier alpha value is -3.41. The average molecular weight is 546 g/mol. The minimum absolute atomic E-state index is 0.0321. The number of ether oxygens (including phenoxy) is 1. The Morgan fingerprint density at radius 1 is 0.925 bits per heavy atom. The molecule has 8 nitrogen and oxygen atoms in total. The first-order valence-electron chi connectivity index (χ1n) is 14.3. The molecule has 0 N–H and O–H groups in total. The number of piperidine rings is 1. The van der Waals surface area contributed by atoms with E-state index in [1.54, 1.807) is 4.90 Å². The van der Waals surface area contributed by atoms with Crippen LogP contribution in [-0.4, -0.2) is 78.1 Å². The van der Waals surface area contributed by atoms with E-state index < -0.39 is 5.60 Å². The van der Waals surface area contributed by atoms with Gasteiger partial charge in [-0.15, -0.1) is 0 Å². The van der Waals surface area contributed by atoms with Gasteiger partial charge in [0.25, 0.3) is 0 Å². The number of nitrogens with zero attached hydrogens (tertiary/aromatic N) is 5. The van der Waals surface area contributed by atoms with Crippen LogP contribution in [0, 0.1) is 17.2 Å². The number of piperazine rings is 1. The molecule has 0 aliphatic carbocycles. The molecule has 0 aromatic heterocycles. The third-order valence-corrected chi connectivity index (χ3v) is 7.83. The van der Waals surface area contributed by atoms with Gasteiger partial charge in [-0.25, -0.2) is 4.79 Å². The highest BCUT2D eigenvalue weighted by molar-refractivity contribution is 5.94. The molecule has 2 aliphatic heterocycles. The number of anilines is 1. The van der Waals surface area contributed by atoms with Crippen molar-refractivity contribution in [2.45, 2.75) is 65.3 Å². The molecule has 2 aromatic rings. The van der Waals surface area contributed by atoms with Crippen molar-refractivity contribution >= 4 is 17.7 Å². The third kappa shape index (κ3) is 7.83. The molecule has 40 heavy (non-hydrogen) atoms. The smallest absolute Gasteiger partial charge is 0.410 e. The van der Waals surface area contributed by atoms with E-state index in [-0.39, 0.29) is 24.0 Å². The predicted octanol–water partition coefficient (Wildman–Crippen LogP) is 4.87. The fourth-order valence-corrected chi connectivity index (χ4v) is 5.53. The molecular formula is C32H43N5O3. The Morgan fingerprint density at radius 2 is 1.50 bits per heavy atom. The maximum atomic E-state index is 13.3. The molecule has 0 unspecified atom stereocenters. The van der Waals surface area contributed by atoms with Gasteiger partial charge >= 0.3 is 6.09 Å². The van der Waals surface area contributed by atoms with Crippen molar-refractivity contribution in [3.63, 3.8) is 0 Å². The summed E-state index contributed by atoms with van der Waals surface area (Å²) in [7, 11) is 1.87. The zero-order chi connectivity index (χ0) is 28.9. The minimum Gasteiger partial charge on any atom is -0.444 e. The van der Waals surface area contributed by atoms with Crippen molar-refractivity contribution in [1.82, 2.24) is 14.7 Å². The van der Waals surface area contributed by atoms with Crippen molar-refractivity contribution in [1.29, 1.82) is 5.26 Å². The quantitative estimate of drug-likeness (QED) is 0.515. The van der Waals surface area contributed by atoms with Crippen LogP contribution in [0.3, 0.4) is 0 Å². The van der Waals surface area contributed by atoms with E-state index >= 15 is 0 Å². The van der Waals surface area contributed by atoms with Gasteiger partial charge in [-0.05, 0) is 89.0 Å². The first-order chi connectivity index (χ1) is 19.0. The van der Waals surface area contributed by atoms with Gasteiger partial charge in [0, 0.05) is 57.4 Å². The minimum atomic E-state index is -0.491. The van der Waals surface area contributed by atoms with E-state index in [0.29, 0.717) is 12.1 Å². The van der Waals surface area contributed by atoms with Gasteiger partial charge in [0.2, 0.25) is 5.91 Å². The summed E-state index contributed by atoms with van der Waals surface area (Å²) < 4.78 is 5.56. The molecule has 214 valence electrons. The highest BCUT2D eigenvalue weighted by Crippen LogP contribution is 2.25. The summed E-state index contributed by atoms with van der Waals surface area (Å²) in [6, 6.07) is 18.3. The normalized spacial score (nSPS) is 19.2. The molecule has 8 heteroatoms. The summed E-state index contributed by atoms with van der Waals surface area (Å²) in [5.41, 5.74) is 3.49. The van der Waals surface area contributed by atoms with Crippen LogP contribution in [0.25, 0.3) is 0 Å². The number of benzene rings is 2. The van der Waals surface area contributed by atoms with Gasteiger partial charge < -0.3 is 14.5 Å². The van der Waals surface area contributed by atoms with Crippen molar-refractivity contribution in [2.24, 2.45) is 5.92 Å². The van der Waals surface area contributed by atoms with Crippen molar-refractivity contribution in [2.75, 3.05) is 44.7 Å². The van der Waals surface area contributed by atoms with Gasteiger partial charge in [-0.2, -0.15) is 5.26 Å². The highest BCUT2D eigenvalue weighted by atomic mass is 16.6. The van der Waals surface area contributed by atoms with E-state index in [0.717, 1.165) is 57.8 Å². The van der Waals surface area contributed by atoms with E-state index in [2.05, 4.69) is 34.9 Å². The Bertz CT molecular complexity index is 1190. The molecular weight excluding hydrogens is 502 g/mol. The van der Waals surface area contributed by atoms with E-state index in [4.69, 9.17) is 10.00 Å². The fraction of sp³-hybridized carbons (Fsp3) is 0.531. The molecule has 0 radical (unpaired) electrons. The number of likely N-dealkylation sites (tertiary alicyclic amines) is 1. The number of carbonyl (C=O) groups excluding carboxylic acids is 2. The number of hydrogen-bond donors (Lipinski definition) is 0. The van der Waals surface area contributed by atoms with Crippen LogP contribution < -0.4 is 4.90 Å². The van der Waals surface area contributed by atoms with Crippen molar-refractivity contribution < 1.29 is 14.3 Å². The molecule has 0 saturated carbocycles. The Balaban J connectivity index is 1.23. The van der Waals surface area contributed by atoms with Gasteiger partial charge in [0.05, 0.1) is 11.6 Å². The molecule has 2 saturated heterocycles. The van der Waals surface area contributed by atoms with Crippen molar-refractivity contribution in [3.05, 3.63) is 65.2 Å². The van der Waals surface area contributed by atoms with Crippen LogP contribution in [0.4, 0.5) is 10.5 Å². The summed E-state index contributed by atoms with van der Waals surface area (Å²) in [6.45, 7) is 13.4. The first-order valence-corrected chi connectivity index (χ1v) is 14.3. The van der Waals surface area contributed by atoms with E-state index in [9.17, 15) is 9.59 Å². The molecule has 4 rings (SSSR count). The Morgan fingerprint density at radius 3 is 2.05 bits per heavy atom. The third-order valence-electron chi connectivity index (χ3n) is 7.83. The predicted molar refractivity (Wildman–Crippen MR) is 157 cm³/mol. The van der Waals surface area contributed by atoms with Crippen LogP contribution in [0.2, 0.25) is 0 Å². The van der Waals surface area contributed by atoms with Gasteiger partial charge in [0.15, 0.2) is 0 Å². The summed E-state index contributed by atoms with van der Waals surface area (Å²) in [5, 5.41) is 8.98. The van der Waals surface area contributed by atoms with Gasteiger partial charge in [-0.1, -0.05) is 24.3 Å². The Labute approximate surface area is 239 Å². The summed E-state index contributed by atoms with van der Waals surface area (Å²) in [6.07, 6.45) is 1.46. The summed E-state index contributed by atoms with van der Waals surface area (Å²) >= 11 is 0. The standard InChI is InChI=1S/C32H43N5O3/c1-24-21-36(18-19-37(24)31(39)40-32(2,3)4)23-27-10-12-29(13-11-27)34(5)30(38)28-14-16-35(17-15-28)22-26-8-6-25(20-33)7-9-26/h6-13,24,28H,14-19,21-23H2,1-5H3/t24-/m0/s1. The second-order valence-corrected chi connectivity index (χ2v) is 12.2. The van der Waals surface area contributed by atoms with Crippen LogP contribution >= 0.6 is 0 Å². The second kappa shape index (κ2) is 12.8. The topological polar surface area (TPSA) is 80.1 Å². The molecule has 0 spiro atoms. The lowest BCUT2D eigenvalue weighted by atomic mass is 9.94. The molecule has 0 bridgehead atoms. The maximum Gasteiger partial charge on any atom is 0.410 e. The fourth-order valence-electron chi connectivity index (χ4n) is 5.53. The average Bonchev–Trinajstić information content (AvgIpc) is 2.92. The zero-order valence-corrected chi connectivity index (χ0v) is 24.6. The van der Waals surface area contributed by atoms with Crippen LogP contribution in [0.5, 0.6) is 0 Å². The van der Waals surface area contributed by atoms with Crippen LogP contribution in [0.15, 0.2) is 48.5 Å². The number of hydrogen-bond acceptors (Lipinski definition) is 6. The molecule has 2 fully saturated rings. The zero-order valence-electron chi connectivity index (χ0n) is 24.6. The number of carbonyl (C=O) groups is 2. The SMILES string of the molecule is C[C@H]1CN(Cc2ccc(N(C)C(=O)C3CCN(Cc4ccc(C#N)cc4)CC3)cc2)CCN1C(=O)OC(C)(C)C. The first kappa shape index (κ1) is 29.6.